The van der Waals surface area contributed by atoms with Gasteiger partial charge in [0.25, 0.3) is 5.91 Å². The molecule has 0 spiro atoms. The first-order valence-corrected chi connectivity index (χ1v) is 10.9. The van der Waals surface area contributed by atoms with Crippen LogP contribution in [0.4, 0.5) is 9.52 Å². The minimum Gasteiger partial charge on any atom is -0.497 e. The molecule has 2 heterocycles. The van der Waals surface area contributed by atoms with E-state index >= 15 is 0 Å². The van der Waals surface area contributed by atoms with Crippen LogP contribution in [0.2, 0.25) is 0 Å². The number of hydrogen-bond acceptors (Lipinski definition) is 5. The van der Waals surface area contributed by atoms with E-state index in [2.05, 4.69) is 10.3 Å². The Morgan fingerprint density at radius 2 is 2.00 bits per heavy atom. The summed E-state index contributed by atoms with van der Waals surface area (Å²) in [7, 11) is 1.61. The number of aromatic nitrogens is 1. The summed E-state index contributed by atoms with van der Waals surface area (Å²) in [4.78, 5) is 31.9. The third-order valence-electron chi connectivity index (χ3n) is 5.26. The van der Waals surface area contributed by atoms with E-state index < -0.39 is 11.9 Å². The number of nitrogens with zero attached hydrogens (tertiary/aromatic N) is 2. The van der Waals surface area contributed by atoms with E-state index in [1.54, 1.807) is 13.2 Å². The standard InChI is InChI=1S/C23H22FN3O3S/c1-30-18-10-8-15(9-11-18)19-14-31-23(25-19)26-21(28)20-7-2-3-12-27(20)22(29)16-5-4-6-17(24)13-16/h4-6,8-11,13-14,20H,2-3,7,12H2,1H3,(H,25,26,28)/t20-/m1/s1. The zero-order chi connectivity index (χ0) is 21.8. The molecule has 1 aromatic heterocycles. The minimum atomic E-state index is -0.613. The van der Waals surface area contributed by atoms with Crippen molar-refractivity contribution in [2.75, 3.05) is 19.0 Å². The molecule has 0 saturated carbocycles. The Morgan fingerprint density at radius 3 is 2.74 bits per heavy atom. The minimum absolute atomic E-state index is 0.246. The fraction of sp³-hybridized carbons (Fsp3) is 0.261. The van der Waals surface area contributed by atoms with Gasteiger partial charge in [0.15, 0.2) is 5.13 Å². The molecule has 1 fully saturated rings. The monoisotopic (exact) mass is 439 g/mol. The van der Waals surface area contributed by atoms with Crippen LogP contribution in [0.1, 0.15) is 29.6 Å². The number of likely N-dealkylation sites (tertiary alicyclic amines) is 1. The van der Waals surface area contributed by atoms with Crippen LogP contribution in [0.25, 0.3) is 11.3 Å². The molecule has 160 valence electrons. The molecule has 1 N–H and O–H groups in total. The number of methoxy groups -OCH3 is 1. The van der Waals surface area contributed by atoms with Crippen LogP contribution >= 0.6 is 11.3 Å². The highest BCUT2D eigenvalue weighted by Gasteiger charge is 2.33. The lowest BCUT2D eigenvalue weighted by Crippen LogP contribution is -2.50. The number of amides is 2. The molecule has 0 radical (unpaired) electrons. The lowest BCUT2D eigenvalue weighted by molar-refractivity contribution is -0.121. The third kappa shape index (κ3) is 4.74. The normalized spacial score (nSPS) is 16.1. The summed E-state index contributed by atoms with van der Waals surface area (Å²) in [6, 6.07) is 12.5. The summed E-state index contributed by atoms with van der Waals surface area (Å²) < 4.78 is 18.7. The van der Waals surface area contributed by atoms with E-state index in [0.29, 0.717) is 18.1 Å². The number of nitrogens with one attached hydrogen (secondary N) is 1. The van der Waals surface area contributed by atoms with Crippen LogP contribution in [0, 0.1) is 5.82 Å². The quantitative estimate of drug-likeness (QED) is 0.631. The van der Waals surface area contributed by atoms with Gasteiger partial charge in [-0.1, -0.05) is 6.07 Å². The topological polar surface area (TPSA) is 71.5 Å². The predicted molar refractivity (Wildman–Crippen MR) is 118 cm³/mol. The van der Waals surface area contributed by atoms with Crippen molar-refractivity contribution in [1.82, 2.24) is 9.88 Å². The smallest absolute Gasteiger partial charge is 0.254 e. The second-order valence-corrected chi connectivity index (χ2v) is 8.13. The van der Waals surface area contributed by atoms with Crippen LogP contribution in [0.3, 0.4) is 0 Å². The molecule has 0 unspecified atom stereocenters. The van der Waals surface area contributed by atoms with Crippen molar-refractivity contribution in [3.8, 4) is 17.0 Å². The van der Waals surface area contributed by atoms with Gasteiger partial charge >= 0.3 is 0 Å². The van der Waals surface area contributed by atoms with E-state index in [1.807, 2.05) is 29.6 Å². The Balaban J connectivity index is 1.47. The van der Waals surface area contributed by atoms with Crippen molar-refractivity contribution in [3.63, 3.8) is 0 Å². The third-order valence-corrected chi connectivity index (χ3v) is 6.02. The number of benzene rings is 2. The average Bonchev–Trinajstić information content (AvgIpc) is 3.27. The first kappa shape index (κ1) is 21.0. The van der Waals surface area contributed by atoms with E-state index in [9.17, 15) is 14.0 Å². The van der Waals surface area contributed by atoms with Gasteiger partial charge in [-0.3, -0.25) is 9.59 Å². The average molecular weight is 440 g/mol. The molecule has 1 atom stereocenters. The molecule has 1 aliphatic rings. The van der Waals surface area contributed by atoms with Gasteiger partial charge in [-0.05, 0) is 61.7 Å². The fourth-order valence-electron chi connectivity index (χ4n) is 3.65. The number of ether oxygens (including phenoxy) is 1. The predicted octanol–water partition coefficient (Wildman–Crippen LogP) is 4.59. The summed E-state index contributed by atoms with van der Waals surface area (Å²) in [5.41, 5.74) is 1.91. The lowest BCUT2D eigenvalue weighted by Gasteiger charge is -2.34. The Kier molecular flexibility index (Phi) is 6.27. The molecule has 6 nitrogen and oxygen atoms in total. The van der Waals surface area contributed by atoms with Crippen LogP contribution in [-0.4, -0.2) is 41.4 Å². The number of hydrogen-bond donors (Lipinski definition) is 1. The van der Waals surface area contributed by atoms with Gasteiger partial charge in [-0.2, -0.15) is 0 Å². The SMILES string of the molecule is COc1ccc(-c2csc(NC(=O)[C@H]3CCCCN3C(=O)c3cccc(F)c3)n2)cc1. The number of rotatable bonds is 5. The Morgan fingerprint density at radius 1 is 1.19 bits per heavy atom. The van der Waals surface area contributed by atoms with Crippen LogP contribution in [0.15, 0.2) is 53.9 Å². The summed E-state index contributed by atoms with van der Waals surface area (Å²) in [6.07, 6.45) is 2.22. The zero-order valence-electron chi connectivity index (χ0n) is 17.0. The molecular weight excluding hydrogens is 417 g/mol. The maximum Gasteiger partial charge on any atom is 0.254 e. The second-order valence-electron chi connectivity index (χ2n) is 7.28. The van der Waals surface area contributed by atoms with Gasteiger partial charge in [-0.15, -0.1) is 11.3 Å². The van der Waals surface area contributed by atoms with Crippen LogP contribution in [0.5, 0.6) is 5.75 Å². The molecule has 2 aromatic carbocycles. The second kappa shape index (κ2) is 9.26. The molecule has 2 amide bonds. The summed E-state index contributed by atoms with van der Waals surface area (Å²) in [5.74, 6) is -0.330. The van der Waals surface area contributed by atoms with Crippen molar-refractivity contribution in [3.05, 3.63) is 65.3 Å². The van der Waals surface area contributed by atoms with Gasteiger partial charge in [0.05, 0.1) is 12.8 Å². The van der Waals surface area contributed by atoms with Crippen molar-refractivity contribution < 1.29 is 18.7 Å². The highest BCUT2D eigenvalue weighted by Crippen LogP contribution is 2.28. The molecule has 0 bridgehead atoms. The molecule has 0 aliphatic carbocycles. The Hall–Kier alpha value is -3.26. The highest BCUT2D eigenvalue weighted by atomic mass is 32.1. The molecule has 8 heteroatoms. The molecule has 4 rings (SSSR count). The number of anilines is 1. The zero-order valence-corrected chi connectivity index (χ0v) is 17.8. The van der Waals surface area contributed by atoms with Gasteiger partial charge in [-0.25, -0.2) is 9.37 Å². The molecule has 3 aromatic rings. The number of thiazole rings is 1. The van der Waals surface area contributed by atoms with E-state index in [4.69, 9.17) is 4.74 Å². The number of piperidine rings is 1. The first-order valence-electron chi connectivity index (χ1n) is 10.0. The van der Waals surface area contributed by atoms with Crippen molar-refractivity contribution in [2.24, 2.45) is 0 Å². The molecular formula is C23H22FN3O3S. The maximum absolute atomic E-state index is 13.6. The molecule has 1 saturated heterocycles. The van der Waals surface area contributed by atoms with Gasteiger partial charge in [0.2, 0.25) is 5.91 Å². The van der Waals surface area contributed by atoms with Gasteiger partial charge < -0.3 is 15.0 Å². The van der Waals surface area contributed by atoms with Gasteiger partial charge in [0.1, 0.15) is 17.6 Å². The summed E-state index contributed by atoms with van der Waals surface area (Å²) in [5, 5.41) is 5.19. The van der Waals surface area contributed by atoms with Gasteiger partial charge in [0, 0.05) is 23.1 Å². The van der Waals surface area contributed by atoms with Crippen molar-refractivity contribution in [1.29, 1.82) is 0 Å². The molecule has 31 heavy (non-hydrogen) atoms. The number of carbonyl (C=O) groups is 2. The van der Waals surface area contributed by atoms with Crippen molar-refractivity contribution >= 4 is 28.3 Å². The Labute approximate surface area is 183 Å². The molecule has 1 aliphatic heterocycles. The highest BCUT2D eigenvalue weighted by molar-refractivity contribution is 7.14. The van der Waals surface area contributed by atoms with Crippen LogP contribution < -0.4 is 10.1 Å². The fourth-order valence-corrected chi connectivity index (χ4v) is 4.37. The van der Waals surface area contributed by atoms with E-state index in [-0.39, 0.29) is 17.4 Å². The van der Waals surface area contributed by atoms with E-state index in [0.717, 1.165) is 29.8 Å². The largest absolute Gasteiger partial charge is 0.497 e. The van der Waals surface area contributed by atoms with E-state index in [1.165, 1.54) is 34.4 Å². The Bertz CT molecular complexity index is 1080. The maximum atomic E-state index is 13.6. The summed E-state index contributed by atoms with van der Waals surface area (Å²) >= 11 is 1.33. The first-order chi connectivity index (χ1) is 15.0. The van der Waals surface area contributed by atoms with Crippen molar-refractivity contribution in [2.45, 2.75) is 25.3 Å². The lowest BCUT2D eigenvalue weighted by atomic mass is 10.00. The number of halogens is 1. The van der Waals surface area contributed by atoms with Crippen LogP contribution in [-0.2, 0) is 4.79 Å². The summed E-state index contributed by atoms with van der Waals surface area (Å²) in [6.45, 7) is 0.461. The number of carbonyl (C=O) groups excluding carboxylic acids is 2.